The van der Waals surface area contributed by atoms with Crippen LogP contribution >= 0.6 is 0 Å². The molecule has 0 aliphatic carbocycles. The van der Waals surface area contributed by atoms with Crippen molar-refractivity contribution in [1.29, 1.82) is 5.26 Å². The maximum Gasteiger partial charge on any atom is 0.408 e. The summed E-state index contributed by atoms with van der Waals surface area (Å²) in [5.74, 6) is 0.513. The van der Waals surface area contributed by atoms with Crippen LogP contribution in [0, 0.1) is 18.3 Å². The van der Waals surface area contributed by atoms with Crippen molar-refractivity contribution in [3.05, 3.63) is 40.8 Å². The standard InChI is InChI=1S/C16H19N3O3/c1-9-5-6-10-12(7-9)21-14(18)11(8-17)13(10)19-15(20)22-16(2,3)4/h5-7,13H,18H2,1-4H3,(H,19,20)/t13-/m1/s1. The first-order valence-electron chi connectivity index (χ1n) is 6.89. The Labute approximate surface area is 129 Å². The molecule has 6 nitrogen and oxygen atoms in total. The molecule has 1 heterocycles. The zero-order valence-corrected chi connectivity index (χ0v) is 13.1. The highest BCUT2D eigenvalue weighted by Crippen LogP contribution is 2.36. The van der Waals surface area contributed by atoms with E-state index in [1.165, 1.54) is 0 Å². The number of carbonyl (C=O) groups is 1. The van der Waals surface area contributed by atoms with Crippen LogP contribution in [0.4, 0.5) is 4.79 Å². The van der Waals surface area contributed by atoms with Crippen LogP contribution in [-0.4, -0.2) is 11.7 Å². The van der Waals surface area contributed by atoms with Gasteiger partial charge in [0.25, 0.3) is 0 Å². The number of fused-ring (bicyclic) bond motifs is 1. The number of nitrogens with two attached hydrogens (primary N) is 1. The maximum absolute atomic E-state index is 12.0. The van der Waals surface area contributed by atoms with E-state index in [-0.39, 0.29) is 11.5 Å². The van der Waals surface area contributed by atoms with Crippen LogP contribution in [0.2, 0.25) is 0 Å². The van der Waals surface area contributed by atoms with Gasteiger partial charge in [-0.1, -0.05) is 12.1 Å². The van der Waals surface area contributed by atoms with E-state index in [9.17, 15) is 10.1 Å². The number of ether oxygens (including phenoxy) is 2. The van der Waals surface area contributed by atoms with Gasteiger partial charge in [0.15, 0.2) is 0 Å². The van der Waals surface area contributed by atoms with Crippen molar-refractivity contribution in [2.75, 3.05) is 0 Å². The minimum Gasteiger partial charge on any atom is -0.444 e. The summed E-state index contributed by atoms with van der Waals surface area (Å²) in [4.78, 5) is 12.0. The molecule has 1 amide bonds. The zero-order valence-electron chi connectivity index (χ0n) is 13.1. The fourth-order valence-electron chi connectivity index (χ4n) is 2.13. The lowest BCUT2D eigenvalue weighted by Crippen LogP contribution is -2.37. The van der Waals surface area contributed by atoms with Crippen molar-refractivity contribution < 1.29 is 14.3 Å². The summed E-state index contributed by atoms with van der Waals surface area (Å²) in [5, 5.41) is 12.0. The lowest BCUT2D eigenvalue weighted by atomic mass is 9.96. The lowest BCUT2D eigenvalue weighted by Gasteiger charge is -2.28. The van der Waals surface area contributed by atoms with Gasteiger partial charge >= 0.3 is 6.09 Å². The van der Waals surface area contributed by atoms with Gasteiger partial charge < -0.3 is 20.5 Å². The Morgan fingerprint density at radius 2 is 2.14 bits per heavy atom. The van der Waals surface area contributed by atoms with Gasteiger partial charge in [-0.25, -0.2) is 4.79 Å². The molecule has 0 saturated heterocycles. The second-order valence-corrected chi connectivity index (χ2v) is 6.11. The Hall–Kier alpha value is -2.68. The molecule has 1 aliphatic rings. The van der Waals surface area contributed by atoms with E-state index in [2.05, 4.69) is 5.32 Å². The first-order valence-corrected chi connectivity index (χ1v) is 6.89. The SMILES string of the molecule is Cc1ccc2c(c1)OC(N)=C(C#N)[C@@H]2NC(=O)OC(C)(C)C. The molecule has 3 N–H and O–H groups in total. The predicted molar refractivity (Wildman–Crippen MR) is 80.7 cm³/mol. The number of carbonyl (C=O) groups excluding carboxylic acids is 1. The smallest absolute Gasteiger partial charge is 0.408 e. The third-order valence-corrected chi connectivity index (χ3v) is 3.04. The van der Waals surface area contributed by atoms with Crippen LogP contribution < -0.4 is 15.8 Å². The second-order valence-electron chi connectivity index (χ2n) is 6.11. The number of amides is 1. The molecular formula is C16H19N3O3. The Morgan fingerprint density at radius 1 is 1.45 bits per heavy atom. The molecule has 0 aromatic heterocycles. The lowest BCUT2D eigenvalue weighted by molar-refractivity contribution is 0.0510. The van der Waals surface area contributed by atoms with Crippen molar-refractivity contribution in [2.45, 2.75) is 39.3 Å². The normalized spacial score (nSPS) is 17.1. The molecule has 0 saturated carbocycles. The monoisotopic (exact) mass is 301 g/mol. The molecule has 22 heavy (non-hydrogen) atoms. The fraction of sp³-hybridized carbons (Fsp3) is 0.375. The van der Waals surface area contributed by atoms with Crippen LogP contribution in [-0.2, 0) is 4.74 Å². The Balaban J connectivity index is 2.36. The highest BCUT2D eigenvalue weighted by Gasteiger charge is 2.31. The highest BCUT2D eigenvalue weighted by atomic mass is 16.6. The van der Waals surface area contributed by atoms with Crippen LogP contribution in [0.3, 0.4) is 0 Å². The molecule has 2 rings (SSSR count). The number of nitrogens with zero attached hydrogens (tertiary/aromatic N) is 1. The van der Waals surface area contributed by atoms with E-state index >= 15 is 0 Å². The largest absolute Gasteiger partial charge is 0.444 e. The number of hydrogen-bond acceptors (Lipinski definition) is 5. The third kappa shape index (κ3) is 3.31. The van der Waals surface area contributed by atoms with Gasteiger partial charge in [-0.15, -0.1) is 0 Å². The van der Waals surface area contributed by atoms with Crippen LogP contribution in [0.5, 0.6) is 5.75 Å². The van der Waals surface area contributed by atoms with Crippen LogP contribution in [0.15, 0.2) is 29.7 Å². The number of nitrogens with one attached hydrogen (secondary N) is 1. The molecule has 0 bridgehead atoms. The molecule has 0 radical (unpaired) electrons. The molecule has 116 valence electrons. The molecule has 1 atom stereocenters. The number of rotatable bonds is 1. The van der Waals surface area contributed by atoms with Gasteiger partial charge in [0.05, 0.1) is 0 Å². The number of benzene rings is 1. The highest BCUT2D eigenvalue weighted by molar-refractivity contribution is 5.70. The fourth-order valence-corrected chi connectivity index (χ4v) is 2.13. The number of nitriles is 1. The first kappa shape index (κ1) is 15.7. The molecule has 0 unspecified atom stereocenters. The second kappa shape index (κ2) is 5.60. The summed E-state index contributed by atoms with van der Waals surface area (Å²) in [5.41, 5.74) is 6.97. The number of aryl methyl sites for hydroxylation is 1. The average molecular weight is 301 g/mol. The third-order valence-electron chi connectivity index (χ3n) is 3.04. The van der Waals surface area contributed by atoms with Crippen LogP contribution in [0.25, 0.3) is 0 Å². The van der Waals surface area contributed by atoms with Gasteiger partial charge in [0.1, 0.15) is 29.0 Å². The zero-order chi connectivity index (χ0) is 16.5. The molecule has 1 aromatic rings. The van der Waals surface area contributed by atoms with E-state index in [0.717, 1.165) is 5.56 Å². The minimum atomic E-state index is -0.691. The molecule has 6 heteroatoms. The van der Waals surface area contributed by atoms with E-state index in [1.54, 1.807) is 32.9 Å². The van der Waals surface area contributed by atoms with E-state index < -0.39 is 17.7 Å². The van der Waals surface area contributed by atoms with Crippen molar-refractivity contribution in [1.82, 2.24) is 5.32 Å². The summed E-state index contributed by atoms with van der Waals surface area (Å²) >= 11 is 0. The van der Waals surface area contributed by atoms with Gasteiger partial charge in [0, 0.05) is 5.56 Å². The molecule has 1 aliphatic heterocycles. The topological polar surface area (TPSA) is 97.4 Å². The quantitative estimate of drug-likeness (QED) is 0.831. The Bertz CT molecular complexity index is 681. The van der Waals surface area contributed by atoms with E-state index in [4.69, 9.17) is 15.2 Å². The summed E-state index contributed by atoms with van der Waals surface area (Å²) in [6, 6.07) is 6.78. The molecule has 0 fully saturated rings. The van der Waals surface area contributed by atoms with Gasteiger partial charge in [0.2, 0.25) is 5.88 Å². The van der Waals surface area contributed by atoms with Crippen molar-refractivity contribution >= 4 is 6.09 Å². The summed E-state index contributed by atoms with van der Waals surface area (Å²) in [6.07, 6.45) is -0.619. The first-order chi connectivity index (χ1) is 10.2. The molecular weight excluding hydrogens is 282 g/mol. The number of alkyl carbamates (subject to hydrolysis) is 1. The Kier molecular flexibility index (Phi) is 4.00. The number of hydrogen-bond donors (Lipinski definition) is 2. The van der Waals surface area contributed by atoms with Gasteiger partial charge in [-0.2, -0.15) is 5.26 Å². The predicted octanol–water partition coefficient (Wildman–Crippen LogP) is 2.65. The Morgan fingerprint density at radius 3 is 2.73 bits per heavy atom. The van der Waals surface area contributed by atoms with Crippen molar-refractivity contribution in [3.63, 3.8) is 0 Å². The summed E-state index contributed by atoms with van der Waals surface area (Å²) in [7, 11) is 0. The van der Waals surface area contributed by atoms with E-state index in [0.29, 0.717) is 11.3 Å². The van der Waals surface area contributed by atoms with Gasteiger partial charge in [-0.3, -0.25) is 0 Å². The van der Waals surface area contributed by atoms with E-state index in [1.807, 2.05) is 19.1 Å². The molecule has 0 spiro atoms. The minimum absolute atomic E-state index is 0.0124. The maximum atomic E-state index is 12.0. The van der Waals surface area contributed by atoms with Crippen molar-refractivity contribution in [2.24, 2.45) is 5.73 Å². The average Bonchev–Trinajstić information content (AvgIpc) is 2.35. The summed E-state index contributed by atoms with van der Waals surface area (Å²) in [6.45, 7) is 7.22. The molecule has 1 aromatic carbocycles. The van der Waals surface area contributed by atoms with Crippen LogP contribution in [0.1, 0.15) is 37.9 Å². The van der Waals surface area contributed by atoms with Crippen molar-refractivity contribution in [3.8, 4) is 11.8 Å². The van der Waals surface area contributed by atoms with Gasteiger partial charge in [-0.05, 0) is 39.3 Å². The summed E-state index contributed by atoms with van der Waals surface area (Å²) < 4.78 is 10.7.